The molecule has 9 nitrogen and oxygen atoms in total. The maximum absolute atomic E-state index is 12.7. The molecule has 3 heterocycles. The van der Waals surface area contributed by atoms with Crippen molar-refractivity contribution in [3.05, 3.63) is 59.9 Å². The average molecular weight is 440 g/mol. The largest absolute Gasteiger partial charge is 0.495 e. The first-order valence-electron chi connectivity index (χ1n) is 9.77. The lowest BCUT2D eigenvalue weighted by Crippen LogP contribution is -2.50. The van der Waals surface area contributed by atoms with Crippen LogP contribution in [0.2, 0.25) is 5.02 Å². The summed E-state index contributed by atoms with van der Waals surface area (Å²) in [6.07, 6.45) is 3.43. The lowest BCUT2D eigenvalue weighted by molar-refractivity contribution is 0.208. The Hall–Kier alpha value is -3.59. The van der Waals surface area contributed by atoms with Crippen molar-refractivity contribution in [1.29, 1.82) is 0 Å². The van der Waals surface area contributed by atoms with Gasteiger partial charge in [-0.05, 0) is 42.5 Å². The number of benzene rings is 1. The second kappa shape index (κ2) is 9.48. The molecule has 2 N–H and O–H groups in total. The Morgan fingerprint density at radius 3 is 2.61 bits per heavy atom. The van der Waals surface area contributed by atoms with Crippen LogP contribution in [0.5, 0.6) is 5.75 Å². The van der Waals surface area contributed by atoms with Crippen LogP contribution in [-0.4, -0.2) is 59.4 Å². The number of ether oxygens (including phenoxy) is 1. The molecule has 0 spiro atoms. The molecule has 160 valence electrons. The molecule has 10 heteroatoms. The van der Waals surface area contributed by atoms with Crippen molar-refractivity contribution in [3.8, 4) is 5.75 Å². The van der Waals surface area contributed by atoms with Crippen molar-refractivity contribution in [1.82, 2.24) is 20.1 Å². The van der Waals surface area contributed by atoms with Crippen LogP contribution < -0.4 is 20.3 Å². The molecule has 2 aromatic heterocycles. The van der Waals surface area contributed by atoms with Gasteiger partial charge in [-0.15, -0.1) is 10.2 Å². The zero-order chi connectivity index (χ0) is 21.6. The van der Waals surface area contributed by atoms with Gasteiger partial charge in [0.25, 0.3) is 0 Å². The number of carbonyl (C=O) groups excluding carboxylic acids is 1. The molecule has 0 atom stereocenters. The van der Waals surface area contributed by atoms with Gasteiger partial charge in [0.05, 0.1) is 24.7 Å². The van der Waals surface area contributed by atoms with Crippen LogP contribution in [-0.2, 0) is 0 Å². The Balaban J connectivity index is 1.32. The predicted octanol–water partition coefficient (Wildman–Crippen LogP) is 3.63. The Kier molecular flexibility index (Phi) is 6.32. The van der Waals surface area contributed by atoms with Gasteiger partial charge < -0.3 is 25.2 Å². The first kappa shape index (κ1) is 20.7. The summed E-state index contributed by atoms with van der Waals surface area (Å²) < 4.78 is 5.29. The molecule has 1 saturated heterocycles. The van der Waals surface area contributed by atoms with Gasteiger partial charge in [0, 0.05) is 37.4 Å². The molecule has 31 heavy (non-hydrogen) atoms. The Labute approximate surface area is 185 Å². The fourth-order valence-corrected chi connectivity index (χ4v) is 3.43. The van der Waals surface area contributed by atoms with Gasteiger partial charge >= 0.3 is 6.03 Å². The van der Waals surface area contributed by atoms with Gasteiger partial charge in [0.1, 0.15) is 5.75 Å². The van der Waals surface area contributed by atoms with E-state index in [0.717, 1.165) is 11.5 Å². The monoisotopic (exact) mass is 439 g/mol. The minimum atomic E-state index is -0.192. The van der Waals surface area contributed by atoms with Crippen LogP contribution in [0.15, 0.2) is 54.9 Å². The third kappa shape index (κ3) is 5.13. The summed E-state index contributed by atoms with van der Waals surface area (Å²) >= 11 is 6.04. The second-order valence-corrected chi connectivity index (χ2v) is 7.33. The number of nitrogens with zero attached hydrogens (tertiary/aromatic N) is 5. The summed E-state index contributed by atoms with van der Waals surface area (Å²) in [6.45, 7) is 2.44. The minimum absolute atomic E-state index is 0.192. The van der Waals surface area contributed by atoms with E-state index in [0.29, 0.717) is 48.5 Å². The summed E-state index contributed by atoms with van der Waals surface area (Å²) in [5.74, 6) is 1.98. The van der Waals surface area contributed by atoms with Crippen LogP contribution in [0.4, 0.5) is 27.8 Å². The number of piperazine rings is 1. The fraction of sp³-hybridized carbons (Fsp3) is 0.238. The van der Waals surface area contributed by atoms with E-state index < -0.39 is 0 Å². The molecule has 0 bridgehead atoms. The van der Waals surface area contributed by atoms with Crippen molar-refractivity contribution >= 4 is 40.6 Å². The van der Waals surface area contributed by atoms with Crippen LogP contribution in [0.25, 0.3) is 0 Å². The predicted molar refractivity (Wildman–Crippen MR) is 120 cm³/mol. The topological polar surface area (TPSA) is 95.5 Å². The van der Waals surface area contributed by atoms with E-state index >= 15 is 0 Å². The molecule has 0 unspecified atom stereocenters. The van der Waals surface area contributed by atoms with Crippen molar-refractivity contribution < 1.29 is 9.53 Å². The summed E-state index contributed by atoms with van der Waals surface area (Å²) in [5.41, 5.74) is 1.39. The van der Waals surface area contributed by atoms with Crippen LogP contribution in [0.3, 0.4) is 0 Å². The zero-order valence-corrected chi connectivity index (χ0v) is 17.7. The molecule has 2 amide bonds. The van der Waals surface area contributed by atoms with Crippen LogP contribution in [0, 0.1) is 0 Å². The number of pyridine rings is 1. The Morgan fingerprint density at radius 1 is 1.10 bits per heavy atom. The van der Waals surface area contributed by atoms with Crippen molar-refractivity contribution in [3.63, 3.8) is 0 Å². The molecular weight excluding hydrogens is 418 g/mol. The lowest BCUT2D eigenvalue weighted by atomic mass is 10.3. The molecule has 0 aliphatic carbocycles. The number of hydrogen-bond acceptors (Lipinski definition) is 7. The maximum Gasteiger partial charge on any atom is 0.322 e. The number of anilines is 4. The summed E-state index contributed by atoms with van der Waals surface area (Å²) in [5, 5.41) is 15.1. The summed E-state index contributed by atoms with van der Waals surface area (Å²) in [6, 6.07) is 12.5. The minimum Gasteiger partial charge on any atom is -0.495 e. The molecule has 0 saturated carbocycles. The van der Waals surface area contributed by atoms with E-state index in [1.165, 1.54) is 0 Å². The number of urea groups is 1. The Morgan fingerprint density at radius 2 is 1.94 bits per heavy atom. The number of aromatic nitrogens is 3. The average Bonchev–Trinajstić information content (AvgIpc) is 2.80. The van der Waals surface area contributed by atoms with Gasteiger partial charge in [-0.25, -0.2) is 4.79 Å². The molecule has 0 radical (unpaired) electrons. The van der Waals surface area contributed by atoms with E-state index in [2.05, 4.69) is 30.7 Å². The fourth-order valence-electron chi connectivity index (χ4n) is 3.26. The third-order valence-electron chi connectivity index (χ3n) is 4.88. The summed E-state index contributed by atoms with van der Waals surface area (Å²) in [4.78, 5) is 20.6. The maximum atomic E-state index is 12.7. The number of nitrogens with one attached hydrogen (secondary N) is 2. The smallest absolute Gasteiger partial charge is 0.322 e. The van der Waals surface area contributed by atoms with Gasteiger partial charge in [-0.2, -0.15) is 0 Å². The number of methoxy groups -OCH3 is 1. The van der Waals surface area contributed by atoms with Crippen molar-refractivity contribution in [2.24, 2.45) is 0 Å². The third-order valence-corrected chi connectivity index (χ3v) is 5.11. The van der Waals surface area contributed by atoms with Gasteiger partial charge in [0.2, 0.25) is 0 Å². The molecule has 4 rings (SSSR count). The number of carbonyl (C=O) groups is 1. The quantitative estimate of drug-likeness (QED) is 0.626. The van der Waals surface area contributed by atoms with Gasteiger partial charge in [-0.3, -0.25) is 4.98 Å². The number of hydrogen-bond donors (Lipinski definition) is 2. The highest BCUT2D eigenvalue weighted by atomic mass is 35.5. The molecule has 1 fully saturated rings. The normalized spacial score (nSPS) is 13.6. The number of rotatable bonds is 5. The highest BCUT2D eigenvalue weighted by Gasteiger charge is 2.23. The SMILES string of the molecule is COc1ccc(Cl)cc1NC(=O)N1CCN(c2ccc(Nc3cccnc3)nn2)CC1. The highest BCUT2D eigenvalue weighted by molar-refractivity contribution is 6.31. The highest BCUT2D eigenvalue weighted by Crippen LogP contribution is 2.28. The van der Waals surface area contributed by atoms with Gasteiger partial charge in [0.15, 0.2) is 11.6 Å². The van der Waals surface area contributed by atoms with E-state index in [1.54, 1.807) is 42.6 Å². The van der Waals surface area contributed by atoms with Crippen LogP contribution in [0.1, 0.15) is 0 Å². The Bertz CT molecular complexity index is 1030. The van der Waals surface area contributed by atoms with Gasteiger partial charge in [-0.1, -0.05) is 11.6 Å². The molecule has 1 aliphatic rings. The zero-order valence-electron chi connectivity index (χ0n) is 17.0. The first-order valence-corrected chi connectivity index (χ1v) is 10.2. The second-order valence-electron chi connectivity index (χ2n) is 6.89. The van der Waals surface area contributed by atoms with Crippen molar-refractivity contribution in [2.75, 3.05) is 48.8 Å². The number of amides is 2. The van der Waals surface area contributed by atoms with E-state index in [9.17, 15) is 4.79 Å². The summed E-state index contributed by atoms with van der Waals surface area (Å²) in [7, 11) is 1.55. The first-order chi connectivity index (χ1) is 15.1. The molecular formula is C21H22ClN7O2. The molecule has 3 aromatic rings. The van der Waals surface area contributed by atoms with E-state index in [-0.39, 0.29) is 6.03 Å². The number of halogens is 1. The molecule has 1 aliphatic heterocycles. The van der Waals surface area contributed by atoms with Crippen molar-refractivity contribution in [2.45, 2.75) is 0 Å². The van der Waals surface area contributed by atoms with Crippen LogP contribution >= 0.6 is 11.6 Å². The van der Waals surface area contributed by atoms with E-state index in [4.69, 9.17) is 16.3 Å². The lowest BCUT2D eigenvalue weighted by Gasteiger charge is -2.35. The standard InChI is InChI=1S/C21H22ClN7O2/c1-31-18-5-4-15(22)13-17(18)25-21(30)29-11-9-28(10-12-29)20-7-6-19(26-27-20)24-16-3-2-8-23-14-16/h2-8,13-14H,9-12H2,1H3,(H,24,26)(H,25,30). The molecule has 1 aromatic carbocycles. The van der Waals surface area contributed by atoms with E-state index in [1.807, 2.05) is 24.3 Å².